The van der Waals surface area contributed by atoms with E-state index in [9.17, 15) is 9.59 Å². The predicted molar refractivity (Wildman–Crippen MR) is 113 cm³/mol. The van der Waals surface area contributed by atoms with Crippen molar-refractivity contribution in [3.8, 4) is 11.5 Å². The summed E-state index contributed by atoms with van der Waals surface area (Å²) < 4.78 is 10.8. The minimum absolute atomic E-state index is 0.0548. The van der Waals surface area contributed by atoms with Gasteiger partial charge in [0.05, 0.1) is 14.2 Å². The second kappa shape index (κ2) is 10.2. The average molecular weight is 423 g/mol. The Morgan fingerprint density at radius 1 is 1.07 bits per heavy atom. The Balaban J connectivity index is 1.92. The van der Waals surface area contributed by atoms with E-state index in [2.05, 4.69) is 5.32 Å². The molecule has 0 spiro atoms. The number of nitrogens with one attached hydrogen (secondary N) is 1. The van der Waals surface area contributed by atoms with Crippen LogP contribution in [0, 0.1) is 0 Å². The van der Waals surface area contributed by atoms with Gasteiger partial charge in [-0.15, -0.1) is 11.6 Å². The molecule has 0 bridgehead atoms. The third-order valence-corrected chi connectivity index (χ3v) is 6.02. The van der Waals surface area contributed by atoms with Crippen molar-refractivity contribution in [1.82, 2.24) is 10.2 Å². The number of hydrogen-bond donors (Lipinski definition) is 1. The van der Waals surface area contributed by atoms with Gasteiger partial charge >= 0.3 is 0 Å². The first kappa shape index (κ1) is 21.8. The van der Waals surface area contributed by atoms with Crippen molar-refractivity contribution in [3.63, 3.8) is 0 Å². The standard InChI is InChI=1S/C22H31ClN2O4/c1-28-18-12-9-15(13-19(18)29-2)21(25(17-10-11-17)20(26)14-23)22(27)24-16-7-5-3-4-6-8-16/h9,12-13,16-17,21H,3-8,10-11,14H2,1-2H3,(H,24,27). The van der Waals surface area contributed by atoms with Gasteiger partial charge in [-0.2, -0.15) is 0 Å². The summed E-state index contributed by atoms with van der Waals surface area (Å²) in [6.45, 7) is 0. The lowest BCUT2D eigenvalue weighted by Crippen LogP contribution is -2.47. The normalized spacial score (nSPS) is 18.4. The van der Waals surface area contributed by atoms with Gasteiger partial charge in [0.2, 0.25) is 11.8 Å². The first-order valence-electron chi connectivity index (χ1n) is 10.5. The minimum atomic E-state index is -0.725. The fraction of sp³-hybridized carbons (Fsp3) is 0.636. The Morgan fingerprint density at radius 2 is 1.72 bits per heavy atom. The highest BCUT2D eigenvalue weighted by Crippen LogP contribution is 2.38. The van der Waals surface area contributed by atoms with E-state index in [0.717, 1.165) is 38.5 Å². The molecular weight excluding hydrogens is 392 g/mol. The Bertz CT molecular complexity index is 715. The molecule has 0 heterocycles. The summed E-state index contributed by atoms with van der Waals surface area (Å²) in [5.41, 5.74) is 0.708. The van der Waals surface area contributed by atoms with Crippen LogP contribution in [0.2, 0.25) is 0 Å². The van der Waals surface area contributed by atoms with Gasteiger partial charge in [0, 0.05) is 12.1 Å². The molecule has 1 N–H and O–H groups in total. The maximum atomic E-state index is 13.5. The van der Waals surface area contributed by atoms with Gasteiger partial charge in [-0.3, -0.25) is 9.59 Å². The molecular formula is C22H31ClN2O4. The lowest BCUT2D eigenvalue weighted by molar-refractivity contribution is -0.140. The highest BCUT2D eigenvalue weighted by molar-refractivity contribution is 6.27. The van der Waals surface area contributed by atoms with Crippen molar-refractivity contribution in [2.45, 2.75) is 69.5 Å². The summed E-state index contributed by atoms with van der Waals surface area (Å²) in [6.07, 6.45) is 8.42. The largest absolute Gasteiger partial charge is 0.493 e. The molecule has 2 fully saturated rings. The van der Waals surface area contributed by atoms with Crippen molar-refractivity contribution in [2.75, 3.05) is 20.1 Å². The second-order valence-corrected chi connectivity index (χ2v) is 8.15. The fourth-order valence-corrected chi connectivity index (χ4v) is 4.28. The van der Waals surface area contributed by atoms with E-state index in [1.165, 1.54) is 12.8 Å². The molecule has 1 aromatic rings. The van der Waals surface area contributed by atoms with E-state index in [0.29, 0.717) is 17.1 Å². The number of methoxy groups -OCH3 is 2. The van der Waals surface area contributed by atoms with Crippen LogP contribution in [0.15, 0.2) is 18.2 Å². The van der Waals surface area contributed by atoms with Gasteiger partial charge in [0.15, 0.2) is 11.5 Å². The van der Waals surface area contributed by atoms with Crippen molar-refractivity contribution in [2.24, 2.45) is 0 Å². The molecule has 1 atom stereocenters. The van der Waals surface area contributed by atoms with Crippen LogP contribution in [0.3, 0.4) is 0 Å². The monoisotopic (exact) mass is 422 g/mol. The van der Waals surface area contributed by atoms with Gasteiger partial charge in [-0.25, -0.2) is 0 Å². The lowest BCUT2D eigenvalue weighted by atomic mass is 10.0. The molecule has 6 nitrogen and oxygen atoms in total. The molecule has 2 aliphatic carbocycles. The zero-order valence-electron chi connectivity index (χ0n) is 17.3. The SMILES string of the molecule is COc1ccc(C(C(=O)NC2CCCCCC2)N(C(=O)CCl)C2CC2)cc1OC. The number of halogens is 1. The molecule has 1 unspecified atom stereocenters. The lowest BCUT2D eigenvalue weighted by Gasteiger charge is -2.32. The quantitative estimate of drug-likeness (QED) is 0.511. The first-order chi connectivity index (χ1) is 14.1. The molecule has 3 rings (SSSR count). The van der Waals surface area contributed by atoms with Crippen LogP contribution < -0.4 is 14.8 Å². The molecule has 2 amide bonds. The molecule has 160 valence electrons. The Labute approximate surface area is 177 Å². The number of hydrogen-bond acceptors (Lipinski definition) is 4. The third kappa shape index (κ3) is 5.35. The number of rotatable bonds is 8. The van der Waals surface area contributed by atoms with Crippen LogP contribution in [0.5, 0.6) is 11.5 Å². The maximum absolute atomic E-state index is 13.5. The summed E-state index contributed by atoms with van der Waals surface area (Å²) in [7, 11) is 3.13. The molecule has 0 saturated heterocycles. The third-order valence-electron chi connectivity index (χ3n) is 5.79. The smallest absolute Gasteiger partial charge is 0.247 e. The maximum Gasteiger partial charge on any atom is 0.247 e. The summed E-state index contributed by atoms with van der Waals surface area (Å²) >= 11 is 5.91. The minimum Gasteiger partial charge on any atom is -0.493 e. The van der Waals surface area contributed by atoms with E-state index >= 15 is 0 Å². The number of carbonyl (C=O) groups excluding carboxylic acids is 2. The van der Waals surface area contributed by atoms with Gasteiger partial charge in [-0.05, 0) is 43.4 Å². The second-order valence-electron chi connectivity index (χ2n) is 7.88. The Morgan fingerprint density at radius 3 is 2.28 bits per heavy atom. The molecule has 2 saturated carbocycles. The number of ether oxygens (including phenoxy) is 2. The van der Waals surface area contributed by atoms with Gasteiger partial charge in [-0.1, -0.05) is 31.7 Å². The number of benzene rings is 1. The van der Waals surface area contributed by atoms with E-state index < -0.39 is 6.04 Å². The summed E-state index contributed by atoms with van der Waals surface area (Å²) in [6, 6.07) is 4.87. The van der Waals surface area contributed by atoms with Crippen LogP contribution in [0.1, 0.15) is 63.0 Å². The Kier molecular flexibility index (Phi) is 7.64. The van der Waals surface area contributed by atoms with Crippen molar-refractivity contribution in [3.05, 3.63) is 23.8 Å². The molecule has 29 heavy (non-hydrogen) atoms. The highest BCUT2D eigenvalue weighted by Gasteiger charge is 2.41. The number of amides is 2. The van der Waals surface area contributed by atoms with Gasteiger partial charge in [0.1, 0.15) is 11.9 Å². The highest BCUT2D eigenvalue weighted by atomic mass is 35.5. The van der Waals surface area contributed by atoms with Crippen LogP contribution in [-0.2, 0) is 9.59 Å². The topological polar surface area (TPSA) is 67.9 Å². The number of nitrogens with zero attached hydrogens (tertiary/aromatic N) is 1. The molecule has 7 heteroatoms. The molecule has 0 aromatic heterocycles. The summed E-state index contributed by atoms with van der Waals surface area (Å²) in [4.78, 5) is 27.8. The zero-order chi connectivity index (χ0) is 20.8. The van der Waals surface area contributed by atoms with Crippen LogP contribution in [0.25, 0.3) is 0 Å². The van der Waals surface area contributed by atoms with E-state index in [-0.39, 0.29) is 29.8 Å². The van der Waals surface area contributed by atoms with E-state index in [1.54, 1.807) is 31.3 Å². The van der Waals surface area contributed by atoms with Gasteiger partial charge < -0.3 is 19.7 Å². The summed E-state index contributed by atoms with van der Waals surface area (Å²) in [5.74, 6) is 0.614. The molecule has 2 aliphatic rings. The van der Waals surface area contributed by atoms with Crippen molar-refractivity contribution >= 4 is 23.4 Å². The van der Waals surface area contributed by atoms with Crippen LogP contribution in [0.4, 0.5) is 0 Å². The number of carbonyl (C=O) groups is 2. The average Bonchev–Trinajstić information content (AvgIpc) is 3.59. The summed E-state index contributed by atoms with van der Waals surface area (Å²) in [5, 5.41) is 3.22. The zero-order valence-corrected chi connectivity index (χ0v) is 18.0. The van der Waals surface area contributed by atoms with Crippen molar-refractivity contribution < 1.29 is 19.1 Å². The van der Waals surface area contributed by atoms with E-state index in [1.807, 2.05) is 6.07 Å². The number of alkyl halides is 1. The van der Waals surface area contributed by atoms with Gasteiger partial charge in [0.25, 0.3) is 0 Å². The first-order valence-corrected chi connectivity index (χ1v) is 11.0. The van der Waals surface area contributed by atoms with Crippen LogP contribution in [-0.4, -0.2) is 48.9 Å². The Hall–Kier alpha value is -1.95. The molecule has 0 radical (unpaired) electrons. The predicted octanol–water partition coefficient (Wildman–Crippen LogP) is 3.81. The van der Waals surface area contributed by atoms with Crippen molar-refractivity contribution in [1.29, 1.82) is 0 Å². The van der Waals surface area contributed by atoms with E-state index in [4.69, 9.17) is 21.1 Å². The van der Waals surface area contributed by atoms with Crippen LogP contribution >= 0.6 is 11.6 Å². The fourth-order valence-electron chi connectivity index (χ4n) is 4.15. The molecule has 0 aliphatic heterocycles. The molecule has 1 aromatic carbocycles.